The molecule has 0 aliphatic rings. The molecule has 146 valence electrons. The quantitative estimate of drug-likeness (QED) is 0.658. The highest BCUT2D eigenvalue weighted by Crippen LogP contribution is 2.20. The number of ether oxygens (including phenoxy) is 1. The summed E-state index contributed by atoms with van der Waals surface area (Å²) in [6.07, 6.45) is 0.377. The maximum atomic E-state index is 12.3. The summed E-state index contributed by atoms with van der Waals surface area (Å²) in [6.45, 7) is 5.17. The van der Waals surface area contributed by atoms with Crippen LogP contribution in [-0.4, -0.2) is 32.7 Å². The molecule has 3 rings (SSSR count). The van der Waals surface area contributed by atoms with E-state index in [1.165, 1.54) is 13.2 Å². The Morgan fingerprint density at radius 1 is 1.25 bits per heavy atom. The van der Waals surface area contributed by atoms with E-state index in [1.54, 1.807) is 18.7 Å². The number of benzene rings is 1. The first-order valence-corrected chi connectivity index (χ1v) is 8.85. The number of hydrogen-bond donors (Lipinski definition) is 1. The van der Waals surface area contributed by atoms with Gasteiger partial charge in [-0.15, -0.1) is 0 Å². The van der Waals surface area contributed by atoms with Gasteiger partial charge in [-0.1, -0.05) is 18.2 Å². The van der Waals surface area contributed by atoms with Crippen LogP contribution in [0.5, 0.6) is 0 Å². The average molecular weight is 382 g/mol. The molecule has 0 spiro atoms. The van der Waals surface area contributed by atoms with Crippen molar-refractivity contribution < 1.29 is 18.7 Å². The number of anilines is 1. The molecule has 1 aromatic carbocycles. The van der Waals surface area contributed by atoms with Gasteiger partial charge >= 0.3 is 5.97 Å². The van der Waals surface area contributed by atoms with Crippen LogP contribution in [0.25, 0.3) is 11.5 Å². The van der Waals surface area contributed by atoms with Crippen molar-refractivity contribution in [2.45, 2.75) is 33.3 Å². The fourth-order valence-electron chi connectivity index (χ4n) is 2.72. The molecule has 0 aliphatic heterocycles. The van der Waals surface area contributed by atoms with Crippen molar-refractivity contribution in [1.82, 2.24) is 14.8 Å². The van der Waals surface area contributed by atoms with E-state index in [0.29, 0.717) is 23.0 Å². The lowest BCUT2D eigenvalue weighted by atomic mass is 10.2. The summed E-state index contributed by atoms with van der Waals surface area (Å²) in [4.78, 5) is 28.8. The lowest BCUT2D eigenvalue weighted by Gasteiger charge is -2.13. The van der Waals surface area contributed by atoms with Crippen molar-refractivity contribution >= 4 is 17.6 Å². The van der Waals surface area contributed by atoms with Crippen LogP contribution in [0.15, 0.2) is 41.0 Å². The normalized spacial score (nSPS) is 11.9. The average Bonchev–Trinajstić information content (AvgIpc) is 3.22. The second-order valence-corrected chi connectivity index (χ2v) is 6.48. The predicted octanol–water partition coefficient (Wildman–Crippen LogP) is 2.80. The third kappa shape index (κ3) is 4.28. The minimum atomic E-state index is -0.952. The maximum Gasteiger partial charge on any atom is 0.312 e. The van der Waals surface area contributed by atoms with Gasteiger partial charge in [0.15, 0.2) is 6.10 Å². The van der Waals surface area contributed by atoms with Gasteiger partial charge in [0.1, 0.15) is 6.26 Å². The number of oxazole rings is 1. The van der Waals surface area contributed by atoms with Gasteiger partial charge in [0.05, 0.1) is 29.2 Å². The second-order valence-electron chi connectivity index (χ2n) is 6.48. The van der Waals surface area contributed by atoms with Crippen LogP contribution in [0, 0.1) is 13.8 Å². The van der Waals surface area contributed by atoms with Crippen LogP contribution < -0.4 is 5.32 Å². The van der Waals surface area contributed by atoms with E-state index in [9.17, 15) is 9.59 Å². The largest absolute Gasteiger partial charge is 0.452 e. The fourth-order valence-corrected chi connectivity index (χ4v) is 2.72. The van der Waals surface area contributed by atoms with Crippen molar-refractivity contribution in [3.05, 3.63) is 53.7 Å². The first-order chi connectivity index (χ1) is 13.3. The van der Waals surface area contributed by atoms with Gasteiger partial charge in [-0.25, -0.2) is 4.98 Å². The molecule has 0 radical (unpaired) electrons. The Balaban J connectivity index is 1.57. The molecule has 1 N–H and O–H groups in total. The zero-order valence-electron chi connectivity index (χ0n) is 16.2. The van der Waals surface area contributed by atoms with Gasteiger partial charge in [-0.2, -0.15) is 5.10 Å². The molecule has 0 saturated carbocycles. The summed E-state index contributed by atoms with van der Waals surface area (Å²) in [5.74, 6) is -0.551. The Morgan fingerprint density at radius 2 is 1.96 bits per heavy atom. The van der Waals surface area contributed by atoms with Gasteiger partial charge in [0.25, 0.3) is 5.91 Å². The molecule has 1 amide bonds. The molecule has 0 aliphatic carbocycles. The number of aromatic nitrogens is 3. The van der Waals surface area contributed by atoms with Crippen LogP contribution in [0.4, 0.5) is 5.69 Å². The summed E-state index contributed by atoms with van der Waals surface area (Å²) in [7, 11) is 1.79. The zero-order chi connectivity index (χ0) is 20.3. The standard InChI is InChI=1S/C20H22N4O4/c1-12-18(13(2)24(4)23-12)22-19(26)14(3)28-17(25)10-16-11-27-20(21-16)15-8-6-5-7-9-15/h5-9,11,14H,10H2,1-4H3,(H,22,26). The molecule has 1 unspecified atom stereocenters. The molecular weight excluding hydrogens is 360 g/mol. The molecule has 2 heterocycles. The van der Waals surface area contributed by atoms with Crippen molar-refractivity contribution in [2.75, 3.05) is 5.32 Å². The molecular formula is C20H22N4O4. The molecule has 8 heteroatoms. The molecule has 0 bridgehead atoms. The lowest BCUT2D eigenvalue weighted by molar-refractivity contribution is -0.152. The molecule has 0 fully saturated rings. The highest BCUT2D eigenvalue weighted by Gasteiger charge is 2.21. The Bertz CT molecular complexity index is 991. The smallest absolute Gasteiger partial charge is 0.312 e. The van der Waals surface area contributed by atoms with Crippen LogP contribution in [0.2, 0.25) is 0 Å². The third-order valence-electron chi connectivity index (χ3n) is 4.33. The van der Waals surface area contributed by atoms with E-state index in [0.717, 1.165) is 11.3 Å². The molecule has 3 aromatic rings. The van der Waals surface area contributed by atoms with E-state index in [2.05, 4.69) is 15.4 Å². The number of amides is 1. The summed E-state index contributed by atoms with van der Waals surface area (Å²) >= 11 is 0. The lowest BCUT2D eigenvalue weighted by Crippen LogP contribution is -2.30. The van der Waals surface area contributed by atoms with Gasteiger partial charge in [-0.3, -0.25) is 14.3 Å². The van der Waals surface area contributed by atoms with E-state index in [4.69, 9.17) is 9.15 Å². The maximum absolute atomic E-state index is 12.3. The summed E-state index contributed by atoms with van der Waals surface area (Å²) in [5.41, 5.74) is 3.40. The number of esters is 1. The minimum absolute atomic E-state index is 0.0844. The topological polar surface area (TPSA) is 99.2 Å². The Kier molecular flexibility index (Phi) is 5.58. The summed E-state index contributed by atoms with van der Waals surface area (Å²) in [6, 6.07) is 9.37. The van der Waals surface area contributed by atoms with Crippen LogP contribution in [-0.2, 0) is 27.8 Å². The second kappa shape index (κ2) is 8.08. The van der Waals surface area contributed by atoms with Crippen LogP contribution in [0.3, 0.4) is 0 Å². The van der Waals surface area contributed by atoms with Gasteiger partial charge < -0.3 is 14.5 Å². The number of aryl methyl sites for hydroxylation is 2. The number of carbonyl (C=O) groups excluding carboxylic acids is 2. The fraction of sp³-hybridized carbons (Fsp3) is 0.300. The minimum Gasteiger partial charge on any atom is -0.452 e. The number of rotatable bonds is 6. The first-order valence-electron chi connectivity index (χ1n) is 8.85. The zero-order valence-corrected chi connectivity index (χ0v) is 16.2. The van der Waals surface area contributed by atoms with Crippen molar-refractivity contribution in [3.8, 4) is 11.5 Å². The Labute approximate surface area is 162 Å². The van der Waals surface area contributed by atoms with Crippen molar-refractivity contribution in [1.29, 1.82) is 0 Å². The van der Waals surface area contributed by atoms with E-state index >= 15 is 0 Å². The molecule has 0 saturated heterocycles. The highest BCUT2D eigenvalue weighted by atomic mass is 16.5. The van der Waals surface area contributed by atoms with E-state index in [-0.39, 0.29) is 6.42 Å². The number of nitrogens with one attached hydrogen (secondary N) is 1. The Morgan fingerprint density at radius 3 is 2.61 bits per heavy atom. The molecule has 28 heavy (non-hydrogen) atoms. The van der Waals surface area contributed by atoms with Crippen molar-refractivity contribution in [2.24, 2.45) is 7.05 Å². The van der Waals surface area contributed by atoms with Gasteiger partial charge in [0.2, 0.25) is 5.89 Å². The number of carbonyl (C=O) groups is 2. The Hall–Kier alpha value is -3.42. The predicted molar refractivity (Wildman–Crippen MR) is 103 cm³/mol. The number of nitrogens with zero attached hydrogens (tertiary/aromatic N) is 3. The van der Waals surface area contributed by atoms with Crippen molar-refractivity contribution in [3.63, 3.8) is 0 Å². The molecule has 8 nitrogen and oxygen atoms in total. The van der Waals surface area contributed by atoms with Crippen LogP contribution in [0.1, 0.15) is 24.0 Å². The van der Waals surface area contributed by atoms with Gasteiger partial charge in [-0.05, 0) is 32.9 Å². The summed E-state index contributed by atoms with van der Waals surface area (Å²) in [5, 5.41) is 7.00. The van der Waals surface area contributed by atoms with E-state index < -0.39 is 18.0 Å². The highest BCUT2D eigenvalue weighted by molar-refractivity contribution is 5.96. The van der Waals surface area contributed by atoms with E-state index in [1.807, 2.05) is 37.3 Å². The number of hydrogen-bond acceptors (Lipinski definition) is 6. The first kappa shape index (κ1) is 19.3. The van der Waals surface area contributed by atoms with Crippen LogP contribution >= 0.6 is 0 Å². The van der Waals surface area contributed by atoms with Gasteiger partial charge in [0, 0.05) is 12.6 Å². The summed E-state index contributed by atoms with van der Waals surface area (Å²) < 4.78 is 12.3. The third-order valence-corrected chi connectivity index (χ3v) is 4.33. The monoisotopic (exact) mass is 382 g/mol. The molecule has 2 aromatic heterocycles. The molecule has 1 atom stereocenters. The SMILES string of the molecule is Cc1nn(C)c(C)c1NC(=O)C(C)OC(=O)Cc1coc(-c2ccccc2)n1.